The molecule has 11 rings (SSSR count). The van der Waals surface area contributed by atoms with Gasteiger partial charge in [-0.15, -0.1) is 11.3 Å². The van der Waals surface area contributed by atoms with Gasteiger partial charge in [0.15, 0.2) is 0 Å². The molecule has 8 bridgehead atoms. The van der Waals surface area contributed by atoms with Crippen molar-refractivity contribution in [3.05, 3.63) is 169 Å². The predicted octanol–water partition coefficient (Wildman–Crippen LogP) is 11.8. The Balaban J connectivity index is 1.23. The zero-order chi connectivity index (χ0) is 37.7. The first-order chi connectivity index (χ1) is 28.2. The average molecular weight is 751 g/mol. The van der Waals surface area contributed by atoms with E-state index in [0.717, 1.165) is 106 Å². The van der Waals surface area contributed by atoms with Crippen molar-refractivity contribution in [3.63, 3.8) is 0 Å². The van der Waals surface area contributed by atoms with Gasteiger partial charge in [-0.25, -0.2) is 15.0 Å². The summed E-state index contributed by atoms with van der Waals surface area (Å²) in [6.07, 6.45) is 13.7. The standard InChI is InChI=1S/C48H30N8S/c1-2-13-43-31(9-1)56-48(57-43)30-16-14-29(15-17-30)44-35-18-20-37(52-35)45(32-10-3-6-26-49-32)39-22-24-41(54-39)47(34-12-5-8-28-51-34)42-25-23-40(55-42)46(33-11-4-7-27-50-33)38-21-19-36(44)53-38/h1-28,52,55H. The number of benzene rings is 2. The summed E-state index contributed by atoms with van der Waals surface area (Å²) in [5.74, 6) is 0. The number of pyridine rings is 3. The van der Waals surface area contributed by atoms with Gasteiger partial charge in [0.1, 0.15) is 5.01 Å². The quantitative estimate of drug-likeness (QED) is 0.181. The van der Waals surface area contributed by atoms with Crippen molar-refractivity contribution < 1.29 is 0 Å². The van der Waals surface area contributed by atoms with Crippen LogP contribution < -0.4 is 0 Å². The second-order valence-corrected chi connectivity index (χ2v) is 14.7. The topological polar surface area (TPSA) is 109 Å². The summed E-state index contributed by atoms with van der Waals surface area (Å²) >= 11 is 1.70. The first-order valence-electron chi connectivity index (χ1n) is 18.6. The normalized spacial score (nSPS) is 12.1. The van der Waals surface area contributed by atoms with E-state index in [1.165, 1.54) is 4.70 Å². The van der Waals surface area contributed by atoms with Crippen LogP contribution in [0, 0.1) is 0 Å². The highest BCUT2D eigenvalue weighted by molar-refractivity contribution is 7.21. The van der Waals surface area contributed by atoms with Crippen LogP contribution in [0.15, 0.2) is 146 Å². The molecular formula is C48H30N8S. The molecule has 9 aromatic rings. The van der Waals surface area contributed by atoms with Crippen LogP contribution >= 0.6 is 11.3 Å². The molecule has 8 nitrogen and oxygen atoms in total. The smallest absolute Gasteiger partial charge is 0.124 e. The molecule has 268 valence electrons. The lowest BCUT2D eigenvalue weighted by atomic mass is 10.0. The van der Waals surface area contributed by atoms with Crippen molar-refractivity contribution in [2.45, 2.75) is 0 Å². The van der Waals surface area contributed by atoms with Gasteiger partial charge >= 0.3 is 0 Å². The second-order valence-electron chi connectivity index (χ2n) is 13.7. The summed E-state index contributed by atoms with van der Waals surface area (Å²) in [7, 11) is 0. The number of aromatic nitrogens is 8. The van der Waals surface area contributed by atoms with E-state index < -0.39 is 0 Å². The number of nitrogens with zero attached hydrogens (tertiary/aromatic N) is 6. The van der Waals surface area contributed by atoms with Gasteiger partial charge in [-0.3, -0.25) is 15.0 Å². The Kier molecular flexibility index (Phi) is 7.82. The lowest BCUT2D eigenvalue weighted by Gasteiger charge is -2.07. The fraction of sp³-hybridized carbons (Fsp3) is 0. The molecule has 0 amide bonds. The molecule has 2 N–H and O–H groups in total. The van der Waals surface area contributed by atoms with Crippen LogP contribution in [0.3, 0.4) is 0 Å². The van der Waals surface area contributed by atoms with Crippen LogP contribution in [-0.2, 0) is 0 Å². The highest BCUT2D eigenvalue weighted by Crippen LogP contribution is 2.38. The van der Waals surface area contributed by atoms with Crippen LogP contribution in [0.4, 0.5) is 0 Å². The predicted molar refractivity (Wildman–Crippen MR) is 233 cm³/mol. The first-order valence-corrected chi connectivity index (χ1v) is 19.4. The van der Waals surface area contributed by atoms with Crippen molar-refractivity contribution in [1.29, 1.82) is 0 Å². The lowest BCUT2D eigenvalue weighted by Crippen LogP contribution is -1.91. The van der Waals surface area contributed by atoms with Crippen molar-refractivity contribution in [3.8, 4) is 55.5 Å². The fourth-order valence-corrected chi connectivity index (χ4v) is 8.60. The highest BCUT2D eigenvalue weighted by Gasteiger charge is 2.20. The van der Waals surface area contributed by atoms with Crippen LogP contribution in [0.1, 0.15) is 22.8 Å². The Morgan fingerprint density at radius 2 is 0.789 bits per heavy atom. The number of para-hydroxylation sites is 1. The largest absolute Gasteiger partial charge is 0.354 e. The molecule has 57 heavy (non-hydrogen) atoms. The van der Waals surface area contributed by atoms with Crippen molar-refractivity contribution in [1.82, 2.24) is 39.9 Å². The molecule has 0 radical (unpaired) electrons. The van der Waals surface area contributed by atoms with E-state index in [9.17, 15) is 0 Å². The number of rotatable bonds is 5. The summed E-state index contributed by atoms with van der Waals surface area (Å²) in [6.45, 7) is 0. The molecule has 0 unspecified atom stereocenters. The molecule has 0 spiro atoms. The highest BCUT2D eigenvalue weighted by atomic mass is 32.1. The van der Waals surface area contributed by atoms with Crippen LogP contribution in [0.5, 0.6) is 0 Å². The van der Waals surface area contributed by atoms with Gasteiger partial charge in [-0.05, 0) is 103 Å². The Labute approximate surface area is 330 Å². The first kappa shape index (κ1) is 32.8. The number of H-pyrrole nitrogens is 2. The summed E-state index contributed by atoms with van der Waals surface area (Å²) < 4.78 is 1.17. The van der Waals surface area contributed by atoms with E-state index in [0.29, 0.717) is 0 Å². The van der Waals surface area contributed by atoms with E-state index in [2.05, 4.69) is 101 Å². The third kappa shape index (κ3) is 5.85. The Hall–Kier alpha value is -7.62. The summed E-state index contributed by atoms with van der Waals surface area (Å²) in [5.41, 5.74) is 15.9. The number of thiazole rings is 1. The lowest BCUT2D eigenvalue weighted by molar-refractivity contribution is 1.26. The van der Waals surface area contributed by atoms with Gasteiger partial charge in [0.25, 0.3) is 0 Å². The summed E-state index contributed by atoms with van der Waals surface area (Å²) in [5, 5.41) is 0.987. The second kappa shape index (κ2) is 13.6. The third-order valence-corrected chi connectivity index (χ3v) is 11.3. The van der Waals surface area contributed by atoms with Gasteiger partial charge in [-0.1, -0.05) is 54.6 Å². The third-order valence-electron chi connectivity index (χ3n) is 10.2. The molecule has 2 aliphatic rings. The van der Waals surface area contributed by atoms with Gasteiger partial charge in [0, 0.05) is 51.9 Å². The Morgan fingerprint density at radius 1 is 0.368 bits per heavy atom. The summed E-state index contributed by atoms with van der Waals surface area (Å²) in [4.78, 5) is 37.5. The number of hydrogen-bond acceptors (Lipinski definition) is 7. The van der Waals surface area contributed by atoms with Crippen LogP contribution in [-0.4, -0.2) is 39.9 Å². The molecule has 7 aromatic heterocycles. The minimum absolute atomic E-state index is 0.790. The molecule has 2 aromatic carbocycles. The molecule has 0 aliphatic carbocycles. The maximum Gasteiger partial charge on any atom is 0.124 e. The minimum Gasteiger partial charge on any atom is -0.354 e. The fourth-order valence-electron chi connectivity index (χ4n) is 7.62. The van der Waals surface area contributed by atoms with E-state index in [-0.39, 0.29) is 0 Å². The van der Waals surface area contributed by atoms with Gasteiger partial charge in [-0.2, -0.15) is 0 Å². The van der Waals surface area contributed by atoms with E-state index in [1.54, 1.807) is 11.3 Å². The monoisotopic (exact) mass is 750 g/mol. The molecule has 9 heterocycles. The van der Waals surface area contributed by atoms with E-state index >= 15 is 0 Å². The molecule has 2 aliphatic heterocycles. The molecule has 9 heteroatoms. The molecular weight excluding hydrogens is 721 g/mol. The Morgan fingerprint density at radius 3 is 1.25 bits per heavy atom. The van der Waals surface area contributed by atoms with Crippen LogP contribution in [0.25, 0.3) is 112 Å². The minimum atomic E-state index is 0.790. The maximum atomic E-state index is 5.38. The van der Waals surface area contributed by atoms with Gasteiger partial charge in [0.05, 0.1) is 66.6 Å². The Bertz CT molecular complexity index is 3150. The maximum absolute atomic E-state index is 5.38. The SMILES string of the molecule is C1=Cc2nc1c(-c1ccc(-c3nc4ccccc4s3)cc1)c1ccc([nH]1)c(-c1ccccn1)c1nc(c(-c3ccccn3)c3ccc([nH]3)c2-c2ccccn2)C=C1. The van der Waals surface area contributed by atoms with Crippen LogP contribution in [0.2, 0.25) is 0 Å². The van der Waals surface area contributed by atoms with Crippen molar-refractivity contribution >= 4 is 67.9 Å². The zero-order valence-corrected chi connectivity index (χ0v) is 31.1. The summed E-state index contributed by atoms with van der Waals surface area (Å²) in [6, 6.07) is 43.1. The molecule has 0 atom stereocenters. The zero-order valence-electron chi connectivity index (χ0n) is 30.3. The molecule has 0 fully saturated rings. The number of nitrogens with one attached hydrogen (secondary N) is 2. The average Bonchev–Trinajstić information content (AvgIpc) is 4.13. The number of fused-ring (bicyclic) bond motifs is 9. The molecule has 0 saturated carbocycles. The van der Waals surface area contributed by atoms with E-state index in [4.69, 9.17) is 29.9 Å². The number of aromatic amines is 2. The van der Waals surface area contributed by atoms with Gasteiger partial charge < -0.3 is 9.97 Å². The van der Waals surface area contributed by atoms with Gasteiger partial charge in [0.2, 0.25) is 0 Å². The van der Waals surface area contributed by atoms with Crippen molar-refractivity contribution in [2.75, 3.05) is 0 Å². The van der Waals surface area contributed by atoms with E-state index in [1.807, 2.05) is 79.3 Å². The van der Waals surface area contributed by atoms with Crippen molar-refractivity contribution in [2.24, 2.45) is 0 Å². The molecule has 0 saturated heterocycles. The number of hydrogen-bond donors (Lipinski definition) is 2.